The fourth-order valence-corrected chi connectivity index (χ4v) is 2.55. The van der Waals surface area contributed by atoms with Crippen molar-refractivity contribution in [3.63, 3.8) is 0 Å². The van der Waals surface area contributed by atoms with E-state index in [1.54, 1.807) is 12.1 Å². The molecule has 0 bridgehead atoms. The number of nitrogens with zero attached hydrogens (tertiary/aromatic N) is 2. The molecule has 7 heteroatoms. The topological polar surface area (TPSA) is 75.0 Å². The summed E-state index contributed by atoms with van der Waals surface area (Å²) < 4.78 is 18.9. The Labute approximate surface area is 136 Å². The Morgan fingerprint density at radius 1 is 1.35 bits per heavy atom. The maximum Gasteiger partial charge on any atom is 0.341 e. The zero-order valence-electron chi connectivity index (χ0n) is 12.9. The lowest BCUT2D eigenvalue weighted by molar-refractivity contribution is 0.0601. The van der Waals surface area contributed by atoms with E-state index in [2.05, 4.69) is 15.0 Å². The second-order valence-corrected chi connectivity index (χ2v) is 6.88. The Morgan fingerprint density at radius 3 is 2.65 bits per heavy atom. The van der Waals surface area contributed by atoms with Gasteiger partial charge in [0.15, 0.2) is 10.7 Å². The number of carbonyl (C=O) groups excluding carboxylic acids is 1. The molecule has 5 nitrogen and oxygen atoms in total. The minimum atomic E-state index is -0.620. The second kappa shape index (κ2) is 7.11. The van der Waals surface area contributed by atoms with Crippen LogP contribution in [0.2, 0.25) is 0 Å². The molecule has 118 valence electrons. The van der Waals surface area contributed by atoms with Crippen LogP contribution in [-0.2, 0) is 15.6 Å². The minimum Gasteiger partial charge on any atom is -0.465 e. The van der Waals surface area contributed by atoms with Gasteiger partial charge in [0, 0.05) is 17.0 Å². The minimum absolute atomic E-state index is 0.0628. The van der Waals surface area contributed by atoms with Crippen LogP contribution in [-0.4, -0.2) is 30.6 Å². The molecule has 0 radical (unpaired) electrons. The van der Waals surface area contributed by atoms with Gasteiger partial charge in [-0.25, -0.2) is 14.2 Å². The average molecular weight is 332 g/mol. The molecule has 1 N–H and O–H groups in total. The first-order valence-corrected chi connectivity index (χ1v) is 8.64. The Kier molecular flexibility index (Phi) is 5.19. The molecular formula is C16H15FN3O2S+. The molecule has 0 saturated heterocycles. The highest BCUT2D eigenvalue weighted by molar-refractivity contribution is 7.95. The van der Waals surface area contributed by atoms with Gasteiger partial charge in [0.1, 0.15) is 35.7 Å². The van der Waals surface area contributed by atoms with Crippen LogP contribution in [0.1, 0.15) is 16.1 Å². The third kappa shape index (κ3) is 3.79. The van der Waals surface area contributed by atoms with Crippen LogP contribution in [0.25, 0.3) is 0 Å². The Bertz CT molecular complexity index is 787. The summed E-state index contributed by atoms with van der Waals surface area (Å²) >= 11 is 0. The number of nitrogens with one attached hydrogen (secondary N) is 1. The fraction of sp³-hybridized carbons (Fsp3) is 0.188. The van der Waals surface area contributed by atoms with Crippen LogP contribution in [0, 0.1) is 17.1 Å². The van der Waals surface area contributed by atoms with Crippen molar-refractivity contribution >= 4 is 28.4 Å². The van der Waals surface area contributed by atoms with Gasteiger partial charge in [0.25, 0.3) is 0 Å². The molecule has 0 spiro atoms. The van der Waals surface area contributed by atoms with Gasteiger partial charge < -0.3 is 10.1 Å². The third-order valence-corrected chi connectivity index (χ3v) is 4.28. The number of esters is 1. The molecule has 1 heterocycles. The maximum absolute atomic E-state index is 14.2. The molecule has 0 aliphatic carbocycles. The Morgan fingerprint density at radius 2 is 2.09 bits per heavy atom. The predicted octanol–water partition coefficient (Wildman–Crippen LogP) is 2.86. The number of ether oxygens (including phenoxy) is 1. The monoisotopic (exact) mass is 332 g/mol. The summed E-state index contributed by atoms with van der Waals surface area (Å²) in [5.41, 5.74) is 0.411. The van der Waals surface area contributed by atoms with Gasteiger partial charge in [-0.15, -0.1) is 0 Å². The standard InChI is InChI=1S/C16H14FN3O2S/c1-22-16(21)12-6-4-10(9-18)19-15(12)20-14-7-5-11(23(2)3)8-13(14)17/h4-8H,1-3H3/p+1. The molecule has 0 saturated carbocycles. The van der Waals surface area contributed by atoms with Gasteiger partial charge in [0.2, 0.25) is 0 Å². The summed E-state index contributed by atoms with van der Waals surface area (Å²) in [5.74, 6) is -0.997. The normalized spacial score (nSPS) is 10.3. The molecule has 0 aliphatic rings. The summed E-state index contributed by atoms with van der Waals surface area (Å²) in [6.45, 7) is 0. The molecule has 23 heavy (non-hydrogen) atoms. The number of benzene rings is 1. The Balaban J connectivity index is 2.43. The van der Waals surface area contributed by atoms with Crippen molar-refractivity contribution in [1.82, 2.24) is 4.98 Å². The van der Waals surface area contributed by atoms with Crippen LogP contribution < -0.4 is 5.32 Å². The van der Waals surface area contributed by atoms with E-state index in [9.17, 15) is 9.18 Å². The number of nitriles is 1. The van der Waals surface area contributed by atoms with Crippen molar-refractivity contribution in [2.24, 2.45) is 0 Å². The van der Waals surface area contributed by atoms with Gasteiger partial charge in [-0.1, -0.05) is 0 Å². The number of hydrogen-bond acceptors (Lipinski definition) is 5. The first-order chi connectivity index (χ1) is 11.0. The molecule has 0 atom stereocenters. The first-order valence-electron chi connectivity index (χ1n) is 6.60. The predicted molar refractivity (Wildman–Crippen MR) is 87.5 cm³/mol. The highest BCUT2D eigenvalue weighted by Gasteiger charge is 2.17. The summed E-state index contributed by atoms with van der Waals surface area (Å²) in [6, 6.07) is 9.53. The van der Waals surface area contributed by atoms with Crippen molar-refractivity contribution < 1.29 is 13.9 Å². The van der Waals surface area contributed by atoms with Gasteiger partial charge in [-0.2, -0.15) is 5.26 Å². The molecular weight excluding hydrogens is 317 g/mol. The molecule has 2 aromatic rings. The lowest BCUT2D eigenvalue weighted by atomic mass is 10.2. The zero-order valence-corrected chi connectivity index (χ0v) is 13.7. The number of methoxy groups -OCH3 is 1. The second-order valence-electron chi connectivity index (χ2n) is 4.78. The molecule has 0 unspecified atom stereocenters. The van der Waals surface area contributed by atoms with E-state index in [1.807, 2.05) is 18.6 Å². The maximum atomic E-state index is 14.2. The van der Waals surface area contributed by atoms with E-state index in [1.165, 1.54) is 25.3 Å². The Hall–Kier alpha value is -2.59. The van der Waals surface area contributed by atoms with Crippen LogP contribution in [0.3, 0.4) is 0 Å². The number of pyridine rings is 1. The summed E-state index contributed by atoms with van der Waals surface area (Å²) in [4.78, 5) is 16.7. The fourth-order valence-electron chi connectivity index (χ4n) is 1.87. The lowest BCUT2D eigenvalue weighted by Gasteiger charge is -2.11. The van der Waals surface area contributed by atoms with E-state index in [-0.39, 0.29) is 33.7 Å². The van der Waals surface area contributed by atoms with Crippen LogP contribution in [0.15, 0.2) is 35.2 Å². The first kappa shape index (κ1) is 16.8. The van der Waals surface area contributed by atoms with Gasteiger partial charge in [-0.05, 0) is 24.3 Å². The van der Waals surface area contributed by atoms with Crippen molar-refractivity contribution in [3.05, 3.63) is 47.4 Å². The van der Waals surface area contributed by atoms with Crippen molar-refractivity contribution in [2.75, 3.05) is 24.9 Å². The highest BCUT2D eigenvalue weighted by atomic mass is 32.2. The van der Waals surface area contributed by atoms with Crippen LogP contribution in [0.5, 0.6) is 0 Å². The van der Waals surface area contributed by atoms with Crippen LogP contribution in [0.4, 0.5) is 15.9 Å². The summed E-state index contributed by atoms with van der Waals surface area (Å²) in [7, 11) is 1.18. The lowest BCUT2D eigenvalue weighted by Crippen LogP contribution is -2.09. The van der Waals surface area contributed by atoms with E-state index >= 15 is 0 Å². The molecule has 0 amide bonds. The van der Waals surface area contributed by atoms with Gasteiger partial charge in [-0.3, -0.25) is 0 Å². The average Bonchev–Trinajstić information content (AvgIpc) is 2.55. The highest BCUT2D eigenvalue weighted by Crippen LogP contribution is 2.24. The van der Waals surface area contributed by atoms with E-state index in [4.69, 9.17) is 5.26 Å². The van der Waals surface area contributed by atoms with Gasteiger partial charge >= 0.3 is 5.97 Å². The van der Waals surface area contributed by atoms with Gasteiger partial charge in [0.05, 0.1) is 12.8 Å². The molecule has 1 aromatic heterocycles. The summed E-state index contributed by atoms with van der Waals surface area (Å²) in [5, 5.41) is 11.7. The van der Waals surface area contributed by atoms with E-state index in [0.717, 1.165) is 4.90 Å². The quantitative estimate of drug-likeness (QED) is 0.688. The molecule has 0 aliphatic heterocycles. The number of hydrogen-bond donors (Lipinski definition) is 1. The molecule has 0 fully saturated rings. The SMILES string of the molecule is COC(=O)c1ccc(C#N)nc1Nc1ccc([S+](C)C)cc1F. The smallest absolute Gasteiger partial charge is 0.341 e. The molecule has 1 aromatic carbocycles. The third-order valence-electron chi connectivity index (χ3n) is 3.08. The number of anilines is 2. The number of rotatable bonds is 4. The largest absolute Gasteiger partial charge is 0.465 e. The molecule has 2 rings (SSSR count). The van der Waals surface area contributed by atoms with E-state index < -0.39 is 11.8 Å². The van der Waals surface area contributed by atoms with Crippen LogP contribution >= 0.6 is 0 Å². The van der Waals surface area contributed by atoms with Crippen molar-refractivity contribution in [2.45, 2.75) is 4.90 Å². The number of carbonyl (C=O) groups is 1. The number of halogens is 1. The van der Waals surface area contributed by atoms with Crippen molar-refractivity contribution in [3.8, 4) is 6.07 Å². The zero-order chi connectivity index (χ0) is 17.0. The number of aromatic nitrogens is 1. The summed E-state index contributed by atoms with van der Waals surface area (Å²) in [6.07, 6.45) is 3.99. The van der Waals surface area contributed by atoms with E-state index in [0.29, 0.717) is 0 Å². The van der Waals surface area contributed by atoms with Crippen molar-refractivity contribution in [1.29, 1.82) is 5.26 Å².